The normalized spacial score (nSPS) is 19.3. The lowest BCUT2D eigenvalue weighted by molar-refractivity contribution is -0.00280. The molecule has 1 N–H and O–H groups in total. The fourth-order valence-electron chi connectivity index (χ4n) is 2.50. The minimum absolute atomic E-state index is 0.112. The molecule has 0 radical (unpaired) electrons. The minimum atomic E-state index is 0.112. The van der Waals surface area contributed by atoms with E-state index in [1.807, 2.05) is 37.1 Å². The number of anilines is 1. The van der Waals surface area contributed by atoms with Crippen molar-refractivity contribution in [3.63, 3.8) is 0 Å². The van der Waals surface area contributed by atoms with Gasteiger partial charge in [-0.3, -0.25) is 4.79 Å². The van der Waals surface area contributed by atoms with Crippen LogP contribution in [0.2, 0.25) is 0 Å². The van der Waals surface area contributed by atoms with E-state index >= 15 is 0 Å². The molecule has 1 heterocycles. The molecule has 2 rings (SSSR count). The largest absolute Gasteiger partial charge is 0.388 e. The summed E-state index contributed by atoms with van der Waals surface area (Å²) in [4.78, 5) is 14.5. The molecule has 1 amide bonds. The highest BCUT2D eigenvalue weighted by molar-refractivity contribution is 5.95. The lowest BCUT2D eigenvalue weighted by Gasteiger charge is -2.35. The molecule has 0 aromatic heterocycles. The van der Waals surface area contributed by atoms with E-state index in [1.165, 1.54) is 0 Å². The number of benzene rings is 1. The second kappa shape index (κ2) is 6.06. The van der Waals surface area contributed by atoms with E-state index in [-0.39, 0.29) is 11.9 Å². The molecule has 0 bridgehead atoms. The summed E-state index contributed by atoms with van der Waals surface area (Å²) in [6.45, 7) is 6.07. The smallest absolute Gasteiger partial charge is 0.254 e. The average molecular weight is 262 g/mol. The number of nitrogens with one attached hydrogen (secondary N) is 1. The molecule has 4 nitrogen and oxygen atoms in total. The predicted molar refractivity (Wildman–Crippen MR) is 76.7 cm³/mol. The van der Waals surface area contributed by atoms with Gasteiger partial charge in [-0.1, -0.05) is 6.92 Å². The average Bonchev–Trinajstić information content (AvgIpc) is 2.46. The maximum atomic E-state index is 12.6. The number of carbonyl (C=O) groups excluding carboxylic acids is 1. The van der Waals surface area contributed by atoms with Crippen molar-refractivity contribution >= 4 is 11.6 Å². The van der Waals surface area contributed by atoms with E-state index in [4.69, 9.17) is 4.74 Å². The van der Waals surface area contributed by atoms with Crippen molar-refractivity contribution in [1.29, 1.82) is 0 Å². The van der Waals surface area contributed by atoms with Crippen molar-refractivity contribution in [2.45, 2.75) is 26.3 Å². The number of ether oxygens (including phenoxy) is 1. The summed E-state index contributed by atoms with van der Waals surface area (Å²) >= 11 is 0. The molecular weight excluding hydrogens is 240 g/mol. The maximum absolute atomic E-state index is 12.6. The van der Waals surface area contributed by atoms with Crippen LogP contribution in [0.1, 0.15) is 29.3 Å². The van der Waals surface area contributed by atoms with Crippen molar-refractivity contribution in [1.82, 2.24) is 4.90 Å². The molecule has 1 aliphatic heterocycles. The first-order valence-corrected chi connectivity index (χ1v) is 6.84. The second-order valence-corrected chi connectivity index (χ2v) is 4.92. The van der Waals surface area contributed by atoms with E-state index in [1.54, 1.807) is 0 Å². The van der Waals surface area contributed by atoms with Crippen LogP contribution in [-0.2, 0) is 4.74 Å². The van der Waals surface area contributed by atoms with Gasteiger partial charge in [-0.05, 0) is 37.1 Å². The highest BCUT2D eigenvalue weighted by Gasteiger charge is 2.26. The number of nitrogens with zero attached hydrogens (tertiary/aromatic N) is 1. The standard InChI is InChI=1S/C15H22N2O2/c1-4-13-10-19-8-7-17(13)15(18)12-5-6-14(16-3)11(2)9-12/h5-6,9,13,16H,4,7-8,10H2,1-3H3. The summed E-state index contributed by atoms with van der Waals surface area (Å²) in [5.41, 5.74) is 2.91. The molecule has 4 heteroatoms. The van der Waals surface area contributed by atoms with Gasteiger partial charge in [-0.2, -0.15) is 0 Å². The number of morpholine rings is 1. The van der Waals surface area contributed by atoms with Crippen LogP contribution in [-0.4, -0.2) is 43.7 Å². The van der Waals surface area contributed by atoms with Crippen molar-refractivity contribution < 1.29 is 9.53 Å². The predicted octanol–water partition coefficient (Wildman–Crippen LogP) is 2.29. The Balaban J connectivity index is 2.20. The zero-order chi connectivity index (χ0) is 13.8. The fourth-order valence-corrected chi connectivity index (χ4v) is 2.50. The molecule has 1 aliphatic rings. The summed E-state index contributed by atoms with van der Waals surface area (Å²) in [6.07, 6.45) is 0.930. The Morgan fingerprint density at radius 1 is 1.53 bits per heavy atom. The van der Waals surface area contributed by atoms with Crippen LogP contribution in [0.15, 0.2) is 18.2 Å². The second-order valence-electron chi connectivity index (χ2n) is 4.92. The Hall–Kier alpha value is -1.55. The van der Waals surface area contributed by atoms with Gasteiger partial charge < -0.3 is 15.0 Å². The van der Waals surface area contributed by atoms with E-state index in [0.29, 0.717) is 19.8 Å². The molecule has 1 fully saturated rings. The molecule has 0 saturated carbocycles. The van der Waals surface area contributed by atoms with Gasteiger partial charge in [0.05, 0.1) is 19.3 Å². The van der Waals surface area contributed by atoms with E-state index in [9.17, 15) is 4.79 Å². The molecule has 1 atom stereocenters. The fraction of sp³-hybridized carbons (Fsp3) is 0.533. The summed E-state index contributed by atoms with van der Waals surface area (Å²) in [7, 11) is 1.89. The van der Waals surface area contributed by atoms with E-state index in [0.717, 1.165) is 23.2 Å². The number of aryl methyl sites for hydroxylation is 1. The topological polar surface area (TPSA) is 41.6 Å². The molecule has 0 spiro atoms. The van der Waals surface area contributed by atoms with Crippen LogP contribution < -0.4 is 5.32 Å². The SMILES string of the molecule is CCC1COCCN1C(=O)c1ccc(NC)c(C)c1. The van der Waals surface area contributed by atoms with Gasteiger partial charge in [0.2, 0.25) is 0 Å². The van der Waals surface area contributed by atoms with Gasteiger partial charge in [0.1, 0.15) is 0 Å². The summed E-state index contributed by atoms with van der Waals surface area (Å²) < 4.78 is 5.45. The molecule has 19 heavy (non-hydrogen) atoms. The Bertz CT molecular complexity index is 459. The van der Waals surface area contributed by atoms with Crippen molar-refractivity contribution in [2.75, 3.05) is 32.1 Å². The van der Waals surface area contributed by atoms with Crippen LogP contribution in [0.25, 0.3) is 0 Å². The highest BCUT2D eigenvalue weighted by Crippen LogP contribution is 2.19. The number of hydrogen-bond donors (Lipinski definition) is 1. The quantitative estimate of drug-likeness (QED) is 0.908. The molecular formula is C15H22N2O2. The number of carbonyl (C=O) groups is 1. The lowest BCUT2D eigenvalue weighted by Crippen LogP contribution is -2.48. The third-order valence-electron chi connectivity index (χ3n) is 3.70. The third kappa shape index (κ3) is 2.89. The van der Waals surface area contributed by atoms with Crippen molar-refractivity contribution in [3.05, 3.63) is 29.3 Å². The van der Waals surface area contributed by atoms with Crippen LogP contribution >= 0.6 is 0 Å². The van der Waals surface area contributed by atoms with Crippen molar-refractivity contribution in [2.24, 2.45) is 0 Å². The van der Waals surface area contributed by atoms with Crippen LogP contribution in [0.5, 0.6) is 0 Å². The molecule has 1 aromatic rings. The summed E-state index contributed by atoms with van der Waals surface area (Å²) in [6, 6.07) is 6.01. The van der Waals surface area contributed by atoms with E-state index in [2.05, 4.69) is 12.2 Å². The zero-order valence-electron chi connectivity index (χ0n) is 11.9. The van der Waals surface area contributed by atoms with Gasteiger partial charge in [-0.15, -0.1) is 0 Å². The first kappa shape index (κ1) is 13.9. The van der Waals surface area contributed by atoms with Gasteiger partial charge in [0.25, 0.3) is 5.91 Å². The molecule has 1 saturated heterocycles. The lowest BCUT2D eigenvalue weighted by atomic mass is 10.1. The molecule has 1 aromatic carbocycles. The Morgan fingerprint density at radius 3 is 2.95 bits per heavy atom. The Labute approximate surface area is 114 Å². The summed E-state index contributed by atoms with van der Waals surface area (Å²) in [5, 5.41) is 3.12. The monoisotopic (exact) mass is 262 g/mol. The number of amides is 1. The first-order chi connectivity index (χ1) is 9.17. The first-order valence-electron chi connectivity index (χ1n) is 6.84. The van der Waals surface area contributed by atoms with Gasteiger partial charge in [-0.25, -0.2) is 0 Å². The Morgan fingerprint density at radius 2 is 2.32 bits per heavy atom. The minimum Gasteiger partial charge on any atom is -0.388 e. The molecule has 1 unspecified atom stereocenters. The highest BCUT2D eigenvalue weighted by atomic mass is 16.5. The third-order valence-corrected chi connectivity index (χ3v) is 3.70. The van der Waals surface area contributed by atoms with E-state index < -0.39 is 0 Å². The molecule has 104 valence electrons. The van der Waals surface area contributed by atoms with Crippen LogP contribution in [0.3, 0.4) is 0 Å². The van der Waals surface area contributed by atoms with Crippen molar-refractivity contribution in [3.8, 4) is 0 Å². The summed E-state index contributed by atoms with van der Waals surface area (Å²) in [5.74, 6) is 0.112. The molecule has 0 aliphatic carbocycles. The van der Waals surface area contributed by atoms with Gasteiger partial charge in [0.15, 0.2) is 0 Å². The number of hydrogen-bond acceptors (Lipinski definition) is 3. The van der Waals surface area contributed by atoms with Crippen LogP contribution in [0.4, 0.5) is 5.69 Å². The van der Waals surface area contributed by atoms with Gasteiger partial charge >= 0.3 is 0 Å². The zero-order valence-corrected chi connectivity index (χ0v) is 11.9. The number of rotatable bonds is 3. The maximum Gasteiger partial charge on any atom is 0.254 e. The Kier molecular flexibility index (Phi) is 4.43. The van der Waals surface area contributed by atoms with Crippen LogP contribution in [0, 0.1) is 6.92 Å². The van der Waals surface area contributed by atoms with Gasteiger partial charge in [0, 0.05) is 24.8 Å².